The lowest BCUT2D eigenvalue weighted by molar-refractivity contribution is 0.426. The number of H-pyrrole nitrogens is 1. The quantitative estimate of drug-likeness (QED) is 0.682. The molecular weight excluding hydrogens is 244 g/mol. The van der Waals surface area contributed by atoms with E-state index in [0.29, 0.717) is 5.92 Å². The molecule has 1 heterocycles. The van der Waals surface area contributed by atoms with Gasteiger partial charge in [0.05, 0.1) is 5.69 Å². The van der Waals surface area contributed by atoms with Crippen molar-refractivity contribution >= 4 is 0 Å². The van der Waals surface area contributed by atoms with Gasteiger partial charge in [-0.15, -0.1) is 0 Å². The van der Waals surface area contributed by atoms with Crippen LogP contribution in [0.1, 0.15) is 104 Å². The predicted molar refractivity (Wildman–Crippen MR) is 88.5 cm³/mol. The second kappa shape index (κ2) is 6.32. The second-order valence-corrected chi connectivity index (χ2v) is 7.53. The van der Waals surface area contributed by atoms with Crippen molar-refractivity contribution in [2.75, 3.05) is 0 Å². The Morgan fingerprint density at radius 1 is 1.05 bits per heavy atom. The summed E-state index contributed by atoms with van der Waals surface area (Å²) in [4.78, 5) is 8.71. The van der Waals surface area contributed by atoms with E-state index < -0.39 is 0 Å². The lowest BCUT2D eigenvalue weighted by Crippen LogP contribution is -2.26. The smallest absolute Gasteiger partial charge is 0.109 e. The van der Waals surface area contributed by atoms with Gasteiger partial charge in [0, 0.05) is 22.4 Å². The molecular formula is C18H34N2. The molecule has 1 aromatic rings. The average Bonchev–Trinajstić information content (AvgIpc) is 2.84. The van der Waals surface area contributed by atoms with Gasteiger partial charge in [0.1, 0.15) is 5.82 Å². The number of rotatable bonds is 7. The number of imidazole rings is 1. The molecule has 2 heteroatoms. The minimum absolute atomic E-state index is 0.152. The van der Waals surface area contributed by atoms with Crippen LogP contribution in [0.2, 0.25) is 0 Å². The van der Waals surface area contributed by atoms with Crippen LogP contribution < -0.4 is 0 Å². The fourth-order valence-electron chi connectivity index (χ4n) is 2.72. The van der Waals surface area contributed by atoms with Gasteiger partial charge in [-0.05, 0) is 19.3 Å². The molecule has 1 atom stereocenters. The summed E-state index contributed by atoms with van der Waals surface area (Å²) in [6.07, 6.45) is 4.65. The maximum atomic E-state index is 5.03. The van der Waals surface area contributed by atoms with E-state index in [4.69, 9.17) is 4.98 Å². The molecule has 20 heavy (non-hydrogen) atoms. The van der Waals surface area contributed by atoms with Crippen LogP contribution in [0.4, 0.5) is 0 Å². The minimum Gasteiger partial charge on any atom is -0.345 e. The number of hydrogen-bond acceptors (Lipinski definition) is 1. The van der Waals surface area contributed by atoms with Gasteiger partial charge in [0.15, 0.2) is 0 Å². The second-order valence-electron chi connectivity index (χ2n) is 7.53. The van der Waals surface area contributed by atoms with Crippen LogP contribution >= 0.6 is 0 Å². The molecule has 1 unspecified atom stereocenters. The summed E-state index contributed by atoms with van der Waals surface area (Å²) in [6.45, 7) is 18.3. The van der Waals surface area contributed by atoms with Crippen molar-refractivity contribution in [3.05, 3.63) is 17.2 Å². The zero-order valence-electron chi connectivity index (χ0n) is 14.9. The molecule has 0 aliphatic heterocycles. The molecule has 0 aromatic carbocycles. The van der Waals surface area contributed by atoms with Gasteiger partial charge in [-0.25, -0.2) is 4.98 Å². The molecule has 0 saturated heterocycles. The third-order valence-corrected chi connectivity index (χ3v) is 4.88. The first kappa shape index (κ1) is 17.3. The Kier molecular flexibility index (Phi) is 5.46. The highest BCUT2D eigenvalue weighted by Gasteiger charge is 2.33. The Morgan fingerprint density at radius 3 is 2.10 bits per heavy atom. The van der Waals surface area contributed by atoms with Gasteiger partial charge in [-0.3, -0.25) is 0 Å². The summed E-state index contributed by atoms with van der Waals surface area (Å²) in [7, 11) is 0. The van der Waals surface area contributed by atoms with Crippen molar-refractivity contribution in [3.63, 3.8) is 0 Å². The van der Waals surface area contributed by atoms with E-state index in [1.165, 1.54) is 30.1 Å². The molecule has 0 aliphatic rings. The molecule has 0 fully saturated rings. The zero-order valence-corrected chi connectivity index (χ0v) is 14.9. The van der Waals surface area contributed by atoms with E-state index in [-0.39, 0.29) is 10.8 Å². The lowest BCUT2D eigenvalue weighted by Gasteiger charge is -2.29. The molecule has 0 aliphatic carbocycles. The first-order chi connectivity index (χ1) is 9.19. The third kappa shape index (κ3) is 3.45. The Hall–Kier alpha value is -0.790. The highest BCUT2D eigenvalue weighted by molar-refractivity contribution is 5.30. The fraction of sp³-hybridized carbons (Fsp3) is 0.833. The maximum absolute atomic E-state index is 5.03. The SMILES string of the molecule is CCCC(C)(C)c1nc(C(C)CC)[nH]c1C(C)(C)CC. The first-order valence-corrected chi connectivity index (χ1v) is 8.30. The van der Waals surface area contributed by atoms with Gasteiger partial charge < -0.3 is 4.98 Å². The Labute approximate surface area is 125 Å². The van der Waals surface area contributed by atoms with Crippen molar-refractivity contribution in [2.45, 2.75) is 97.8 Å². The summed E-state index contributed by atoms with van der Waals surface area (Å²) < 4.78 is 0. The number of hydrogen-bond donors (Lipinski definition) is 1. The van der Waals surface area contributed by atoms with Crippen molar-refractivity contribution in [1.82, 2.24) is 9.97 Å². The molecule has 0 spiro atoms. The van der Waals surface area contributed by atoms with E-state index in [1.54, 1.807) is 0 Å². The van der Waals surface area contributed by atoms with Crippen LogP contribution in [0.15, 0.2) is 0 Å². The molecule has 0 saturated carbocycles. The Bertz CT molecular complexity index is 427. The van der Waals surface area contributed by atoms with Crippen LogP contribution in [-0.4, -0.2) is 9.97 Å². The third-order valence-electron chi connectivity index (χ3n) is 4.88. The summed E-state index contributed by atoms with van der Waals surface area (Å²) in [5.74, 6) is 1.68. The van der Waals surface area contributed by atoms with Gasteiger partial charge >= 0.3 is 0 Å². The molecule has 0 radical (unpaired) electrons. The molecule has 2 nitrogen and oxygen atoms in total. The normalized spacial score (nSPS) is 14.6. The average molecular weight is 278 g/mol. The molecule has 1 rings (SSSR count). The van der Waals surface area contributed by atoms with Crippen LogP contribution in [0, 0.1) is 0 Å². The van der Waals surface area contributed by atoms with E-state index >= 15 is 0 Å². The van der Waals surface area contributed by atoms with E-state index in [2.05, 4.69) is 60.4 Å². The van der Waals surface area contributed by atoms with Gasteiger partial charge in [-0.1, -0.05) is 61.8 Å². The summed E-state index contributed by atoms with van der Waals surface area (Å²) >= 11 is 0. The van der Waals surface area contributed by atoms with Crippen LogP contribution in [-0.2, 0) is 10.8 Å². The molecule has 0 bridgehead atoms. The van der Waals surface area contributed by atoms with Crippen molar-refractivity contribution in [1.29, 1.82) is 0 Å². The Balaban J connectivity index is 3.36. The summed E-state index contributed by atoms with van der Waals surface area (Å²) in [6, 6.07) is 0. The van der Waals surface area contributed by atoms with E-state index in [0.717, 1.165) is 12.8 Å². The van der Waals surface area contributed by atoms with E-state index in [9.17, 15) is 0 Å². The molecule has 0 amide bonds. The molecule has 1 aromatic heterocycles. The first-order valence-electron chi connectivity index (χ1n) is 8.30. The van der Waals surface area contributed by atoms with E-state index in [1.807, 2.05) is 0 Å². The van der Waals surface area contributed by atoms with Gasteiger partial charge in [0.25, 0.3) is 0 Å². The van der Waals surface area contributed by atoms with Crippen LogP contribution in [0.3, 0.4) is 0 Å². The fourth-order valence-corrected chi connectivity index (χ4v) is 2.72. The molecule has 1 N–H and O–H groups in total. The monoisotopic (exact) mass is 278 g/mol. The largest absolute Gasteiger partial charge is 0.345 e. The van der Waals surface area contributed by atoms with Crippen molar-refractivity contribution in [2.24, 2.45) is 0 Å². The Morgan fingerprint density at radius 2 is 1.65 bits per heavy atom. The van der Waals surface area contributed by atoms with Crippen molar-refractivity contribution < 1.29 is 0 Å². The number of aromatic nitrogens is 2. The lowest BCUT2D eigenvalue weighted by atomic mass is 9.76. The van der Waals surface area contributed by atoms with Crippen LogP contribution in [0.25, 0.3) is 0 Å². The zero-order chi connectivity index (χ0) is 15.6. The summed E-state index contributed by atoms with van der Waals surface area (Å²) in [5.41, 5.74) is 2.97. The van der Waals surface area contributed by atoms with Gasteiger partial charge in [-0.2, -0.15) is 0 Å². The summed E-state index contributed by atoms with van der Waals surface area (Å²) in [5, 5.41) is 0. The van der Waals surface area contributed by atoms with Gasteiger partial charge in [0.2, 0.25) is 0 Å². The number of nitrogens with zero attached hydrogens (tertiary/aromatic N) is 1. The minimum atomic E-state index is 0.152. The predicted octanol–water partition coefficient (Wildman–Crippen LogP) is 5.69. The van der Waals surface area contributed by atoms with Crippen LogP contribution in [0.5, 0.6) is 0 Å². The highest BCUT2D eigenvalue weighted by Crippen LogP contribution is 2.38. The maximum Gasteiger partial charge on any atom is 0.109 e. The standard InChI is InChI=1S/C18H34N2/c1-9-12-18(7,8)15-14(17(5,6)11-3)19-16(20-15)13(4)10-2/h13H,9-12H2,1-8H3,(H,19,20). The highest BCUT2D eigenvalue weighted by atomic mass is 15.0. The molecule has 116 valence electrons. The number of nitrogens with one attached hydrogen (secondary N) is 1. The topological polar surface area (TPSA) is 28.7 Å². The number of aromatic amines is 1. The van der Waals surface area contributed by atoms with Crippen molar-refractivity contribution in [3.8, 4) is 0 Å².